The highest BCUT2D eigenvalue weighted by Gasteiger charge is 2.58. The van der Waals surface area contributed by atoms with Gasteiger partial charge in [0.1, 0.15) is 18.3 Å². The number of hydrogen-bond donors (Lipinski definition) is 3. The molecule has 2 aliphatic rings. The third-order valence-corrected chi connectivity index (χ3v) is 5.83. The molecule has 2 aliphatic heterocycles. The molecule has 0 saturated carbocycles. The summed E-state index contributed by atoms with van der Waals surface area (Å²) >= 11 is 0. The molecular formula is C20H29N5O6. The Morgan fingerprint density at radius 2 is 1.94 bits per heavy atom. The minimum atomic E-state index is -0.937. The first kappa shape index (κ1) is 21.8. The molecular weight excluding hydrogens is 406 g/mol. The summed E-state index contributed by atoms with van der Waals surface area (Å²) in [4.78, 5) is 32.5. The van der Waals surface area contributed by atoms with E-state index in [9.17, 15) is 14.7 Å². The average Bonchev–Trinajstić information content (AvgIpc) is 3.31. The second-order valence-corrected chi connectivity index (χ2v) is 8.00. The van der Waals surface area contributed by atoms with Gasteiger partial charge in [0.05, 0.1) is 6.61 Å². The predicted molar refractivity (Wildman–Crippen MR) is 113 cm³/mol. The molecule has 0 bridgehead atoms. The summed E-state index contributed by atoms with van der Waals surface area (Å²) in [7, 11) is 0. The second-order valence-electron chi connectivity index (χ2n) is 8.00. The minimum absolute atomic E-state index is 0.0685. The van der Waals surface area contributed by atoms with Gasteiger partial charge in [-0.05, 0) is 0 Å². The van der Waals surface area contributed by atoms with Gasteiger partial charge in [-0.15, -0.1) is 6.58 Å². The van der Waals surface area contributed by atoms with Crippen LogP contribution in [0.25, 0.3) is 11.2 Å². The quantitative estimate of drug-likeness (QED) is 0.512. The number of nitrogens with one attached hydrogen (secondary N) is 1. The van der Waals surface area contributed by atoms with Crippen LogP contribution in [0.3, 0.4) is 0 Å². The SMILES string of the molecule is C=CCn1c(=O)n([C@@H]2O[C@H](CO)[C@H]3OC(CCC)(CCC)O[C@H]32)c2nc(N)[nH]c(=O)c21. The Balaban J connectivity index is 1.86. The Morgan fingerprint density at radius 3 is 2.55 bits per heavy atom. The average molecular weight is 435 g/mol. The largest absolute Gasteiger partial charge is 0.394 e. The zero-order valence-corrected chi connectivity index (χ0v) is 17.7. The van der Waals surface area contributed by atoms with Gasteiger partial charge in [-0.1, -0.05) is 32.8 Å². The van der Waals surface area contributed by atoms with E-state index in [1.54, 1.807) is 0 Å². The summed E-state index contributed by atoms with van der Waals surface area (Å²) in [6.07, 6.45) is 1.73. The Labute approximate surface area is 178 Å². The van der Waals surface area contributed by atoms with Crippen molar-refractivity contribution in [2.75, 3.05) is 12.3 Å². The summed E-state index contributed by atoms with van der Waals surface area (Å²) in [6.45, 7) is 7.55. The molecule has 2 fully saturated rings. The molecule has 2 saturated heterocycles. The highest BCUT2D eigenvalue weighted by Crippen LogP contribution is 2.46. The second kappa shape index (κ2) is 8.23. The van der Waals surface area contributed by atoms with E-state index in [2.05, 4.69) is 16.5 Å². The lowest BCUT2D eigenvalue weighted by atomic mass is 10.1. The van der Waals surface area contributed by atoms with Gasteiger partial charge >= 0.3 is 5.69 Å². The molecule has 4 atom stereocenters. The third kappa shape index (κ3) is 3.41. The molecule has 0 unspecified atom stereocenters. The molecule has 2 aromatic rings. The van der Waals surface area contributed by atoms with Crippen LogP contribution in [0, 0.1) is 0 Å². The number of aliphatic hydroxyl groups is 1. The number of nitrogens with two attached hydrogens (primary N) is 1. The number of aromatic nitrogens is 4. The lowest BCUT2D eigenvalue weighted by molar-refractivity contribution is -0.226. The Kier molecular flexibility index (Phi) is 5.77. The van der Waals surface area contributed by atoms with E-state index in [0.29, 0.717) is 12.8 Å². The number of anilines is 1. The number of aromatic amines is 1. The number of aliphatic hydroxyl groups excluding tert-OH is 1. The van der Waals surface area contributed by atoms with Gasteiger partial charge in [0, 0.05) is 19.4 Å². The Bertz CT molecular complexity index is 1080. The molecule has 11 nitrogen and oxygen atoms in total. The number of nitrogen functional groups attached to an aromatic ring is 1. The summed E-state index contributed by atoms with van der Waals surface area (Å²) in [5, 5.41) is 9.91. The Morgan fingerprint density at radius 1 is 1.26 bits per heavy atom. The van der Waals surface area contributed by atoms with E-state index < -0.39 is 41.6 Å². The molecule has 170 valence electrons. The maximum atomic E-state index is 13.3. The fourth-order valence-corrected chi connectivity index (χ4v) is 4.70. The van der Waals surface area contributed by atoms with Crippen LogP contribution in [0.1, 0.15) is 45.8 Å². The highest BCUT2D eigenvalue weighted by atomic mass is 16.8. The molecule has 31 heavy (non-hydrogen) atoms. The first-order chi connectivity index (χ1) is 14.9. The zero-order chi connectivity index (χ0) is 22.3. The maximum absolute atomic E-state index is 13.3. The fourth-order valence-electron chi connectivity index (χ4n) is 4.70. The number of fused-ring (bicyclic) bond motifs is 2. The molecule has 0 aromatic carbocycles. The van der Waals surface area contributed by atoms with Crippen LogP contribution >= 0.6 is 0 Å². The van der Waals surface area contributed by atoms with Crippen LogP contribution in [0.2, 0.25) is 0 Å². The van der Waals surface area contributed by atoms with E-state index >= 15 is 0 Å². The lowest BCUT2D eigenvalue weighted by Crippen LogP contribution is -2.37. The molecule has 11 heteroatoms. The monoisotopic (exact) mass is 435 g/mol. The highest BCUT2D eigenvalue weighted by molar-refractivity contribution is 5.72. The Hall–Kier alpha value is -2.47. The van der Waals surface area contributed by atoms with Crippen molar-refractivity contribution in [3.05, 3.63) is 33.5 Å². The number of hydrogen-bond acceptors (Lipinski definition) is 8. The summed E-state index contributed by atoms with van der Waals surface area (Å²) in [5.74, 6) is -0.924. The molecule has 0 spiro atoms. The summed E-state index contributed by atoms with van der Waals surface area (Å²) < 4.78 is 21.2. The molecule has 4 rings (SSSR count). The molecule has 4 heterocycles. The van der Waals surface area contributed by atoms with Gasteiger partial charge in [0.25, 0.3) is 5.56 Å². The standard InChI is InChI=1S/C20H29N5O6/c1-4-7-20(8-5-2)30-13-11(10-26)29-17(14(13)31-20)25-15-12(16(27)23-18(21)22-15)24(9-6-3)19(25)28/h6,11,13-14,17,26H,3-5,7-10H2,1-2H3,(H3,21,22,23,27)/t11-,13-,14-,17-/m1/s1. The van der Waals surface area contributed by atoms with Gasteiger partial charge in [-0.3, -0.25) is 14.3 Å². The van der Waals surface area contributed by atoms with Crippen LogP contribution in [-0.2, 0) is 20.8 Å². The van der Waals surface area contributed by atoms with Crippen LogP contribution in [0.5, 0.6) is 0 Å². The lowest BCUT2D eigenvalue weighted by Gasteiger charge is -2.30. The van der Waals surface area contributed by atoms with E-state index in [4.69, 9.17) is 19.9 Å². The van der Waals surface area contributed by atoms with Crippen molar-refractivity contribution in [3.63, 3.8) is 0 Å². The number of ether oxygens (including phenoxy) is 3. The first-order valence-corrected chi connectivity index (χ1v) is 10.6. The number of allylic oxidation sites excluding steroid dienone is 1. The zero-order valence-electron chi connectivity index (χ0n) is 17.7. The number of H-pyrrole nitrogens is 1. The van der Waals surface area contributed by atoms with Crippen LogP contribution in [0.4, 0.5) is 5.95 Å². The first-order valence-electron chi connectivity index (χ1n) is 10.6. The van der Waals surface area contributed by atoms with E-state index in [1.165, 1.54) is 15.2 Å². The van der Waals surface area contributed by atoms with Crippen molar-refractivity contribution < 1.29 is 19.3 Å². The summed E-state index contributed by atoms with van der Waals surface area (Å²) in [6, 6.07) is 0. The molecule has 0 aliphatic carbocycles. The van der Waals surface area contributed by atoms with Crippen LogP contribution < -0.4 is 17.0 Å². The number of imidazole rings is 1. The minimum Gasteiger partial charge on any atom is -0.394 e. The van der Waals surface area contributed by atoms with Crippen LogP contribution in [-0.4, -0.2) is 54.9 Å². The smallest absolute Gasteiger partial charge is 0.333 e. The van der Waals surface area contributed by atoms with Gasteiger partial charge in [-0.25, -0.2) is 9.36 Å². The number of rotatable bonds is 8. The van der Waals surface area contributed by atoms with Gasteiger partial charge < -0.3 is 25.1 Å². The fraction of sp³-hybridized carbons (Fsp3) is 0.650. The van der Waals surface area contributed by atoms with Gasteiger partial charge in [0.2, 0.25) is 5.95 Å². The molecule has 2 aromatic heterocycles. The van der Waals surface area contributed by atoms with E-state index in [0.717, 1.165) is 12.8 Å². The van der Waals surface area contributed by atoms with E-state index in [1.807, 2.05) is 13.8 Å². The number of nitrogens with zero attached hydrogens (tertiary/aromatic N) is 3. The molecule has 0 radical (unpaired) electrons. The molecule has 4 N–H and O–H groups in total. The normalized spacial score (nSPS) is 27.1. The predicted octanol–water partition coefficient (Wildman–Crippen LogP) is 0.625. The van der Waals surface area contributed by atoms with Crippen molar-refractivity contribution in [3.8, 4) is 0 Å². The third-order valence-electron chi connectivity index (χ3n) is 5.83. The summed E-state index contributed by atoms with van der Waals surface area (Å²) in [5.41, 5.74) is 4.87. The van der Waals surface area contributed by atoms with Crippen molar-refractivity contribution in [2.45, 2.75) is 76.4 Å². The maximum Gasteiger partial charge on any atom is 0.333 e. The van der Waals surface area contributed by atoms with Crippen LogP contribution in [0.15, 0.2) is 22.2 Å². The van der Waals surface area contributed by atoms with Crippen molar-refractivity contribution in [2.24, 2.45) is 0 Å². The topological polar surface area (TPSA) is 147 Å². The van der Waals surface area contributed by atoms with Gasteiger partial charge in [-0.2, -0.15) is 4.98 Å². The van der Waals surface area contributed by atoms with Crippen molar-refractivity contribution >= 4 is 17.1 Å². The van der Waals surface area contributed by atoms with Crippen molar-refractivity contribution in [1.29, 1.82) is 0 Å². The van der Waals surface area contributed by atoms with Crippen molar-refractivity contribution in [1.82, 2.24) is 19.1 Å². The van der Waals surface area contributed by atoms with E-state index in [-0.39, 0.29) is 30.3 Å². The van der Waals surface area contributed by atoms with Gasteiger partial charge in [0.15, 0.2) is 23.2 Å². The molecule has 0 amide bonds.